The molecule has 2 aromatic carbocycles. The van der Waals surface area contributed by atoms with E-state index in [4.69, 9.17) is 4.74 Å². The van der Waals surface area contributed by atoms with Crippen LogP contribution in [0.5, 0.6) is 5.75 Å². The van der Waals surface area contributed by atoms with E-state index in [0.29, 0.717) is 11.3 Å². The molecule has 0 bridgehead atoms. The Bertz CT molecular complexity index is 1030. The van der Waals surface area contributed by atoms with E-state index in [9.17, 15) is 14.7 Å². The molecule has 1 aliphatic heterocycles. The molecular formula is C27H34N2O4. The van der Waals surface area contributed by atoms with Crippen molar-refractivity contribution in [2.24, 2.45) is 5.92 Å². The Morgan fingerprint density at radius 1 is 1.15 bits per heavy atom. The maximum atomic E-state index is 13.9. The van der Waals surface area contributed by atoms with Crippen molar-refractivity contribution in [3.05, 3.63) is 59.2 Å². The summed E-state index contributed by atoms with van der Waals surface area (Å²) in [5.74, 6) is -0.891. The van der Waals surface area contributed by atoms with Crippen LogP contribution in [0.1, 0.15) is 69.3 Å². The first-order valence-electron chi connectivity index (χ1n) is 12.1. The second-order valence-electron chi connectivity index (χ2n) is 9.27. The minimum atomic E-state index is -1.10. The fourth-order valence-corrected chi connectivity index (χ4v) is 5.27. The van der Waals surface area contributed by atoms with Gasteiger partial charge < -0.3 is 19.6 Å². The van der Waals surface area contributed by atoms with Gasteiger partial charge in [-0.05, 0) is 56.2 Å². The molecular weight excluding hydrogens is 416 g/mol. The summed E-state index contributed by atoms with van der Waals surface area (Å²) in [6, 6.07) is 12.4. The smallest absolute Gasteiger partial charge is 0.331 e. The van der Waals surface area contributed by atoms with Crippen LogP contribution in [0.4, 0.5) is 5.69 Å². The molecule has 0 spiro atoms. The molecule has 6 heteroatoms. The lowest BCUT2D eigenvalue weighted by molar-refractivity contribution is -0.156. The molecule has 3 unspecified atom stereocenters. The highest BCUT2D eigenvalue weighted by molar-refractivity contribution is 5.90. The van der Waals surface area contributed by atoms with Gasteiger partial charge in [0.1, 0.15) is 5.75 Å². The van der Waals surface area contributed by atoms with Crippen LogP contribution in [0.25, 0.3) is 0 Å². The molecule has 33 heavy (non-hydrogen) atoms. The molecule has 3 atom stereocenters. The molecule has 0 fully saturated rings. The minimum absolute atomic E-state index is 0.101. The second kappa shape index (κ2) is 9.46. The first-order chi connectivity index (χ1) is 15.9. The van der Waals surface area contributed by atoms with E-state index in [1.165, 1.54) is 5.56 Å². The van der Waals surface area contributed by atoms with Crippen LogP contribution in [0.15, 0.2) is 42.5 Å². The maximum Gasteiger partial charge on any atom is 0.331 e. The molecule has 0 saturated heterocycles. The number of carbonyl (C=O) groups is 2. The van der Waals surface area contributed by atoms with Gasteiger partial charge in [-0.15, -0.1) is 0 Å². The van der Waals surface area contributed by atoms with Crippen LogP contribution < -0.4 is 9.64 Å². The number of nitrogens with zero attached hydrogens (tertiary/aromatic N) is 2. The Kier molecular flexibility index (Phi) is 6.63. The van der Waals surface area contributed by atoms with Crippen molar-refractivity contribution in [2.45, 2.75) is 65.1 Å². The fourth-order valence-electron chi connectivity index (χ4n) is 5.27. The molecule has 176 valence electrons. The standard InChI is InChI=1S/C27H34N2O4/c1-5-28(6-2)19-14-15-21-23(16-19)33-25(17(3)4)26(30)29(24(21)27(31)32)22-13-9-11-18-10-7-8-12-20(18)22/h7-8,10,12,14-17,22,24-25H,5-6,9,11,13H2,1-4H3,(H,31,32). The summed E-state index contributed by atoms with van der Waals surface area (Å²) in [6.07, 6.45) is 1.86. The number of rotatable bonds is 6. The van der Waals surface area contributed by atoms with E-state index in [1.807, 2.05) is 50.2 Å². The van der Waals surface area contributed by atoms with E-state index in [-0.39, 0.29) is 17.9 Å². The van der Waals surface area contributed by atoms with Crippen molar-refractivity contribution in [2.75, 3.05) is 18.0 Å². The Morgan fingerprint density at radius 3 is 2.55 bits per heavy atom. The van der Waals surface area contributed by atoms with Gasteiger partial charge in [0.2, 0.25) is 0 Å². The van der Waals surface area contributed by atoms with Gasteiger partial charge in [0.15, 0.2) is 12.1 Å². The van der Waals surface area contributed by atoms with Crippen LogP contribution in [0.2, 0.25) is 0 Å². The van der Waals surface area contributed by atoms with E-state index in [1.54, 1.807) is 4.90 Å². The van der Waals surface area contributed by atoms with Crippen LogP contribution in [0, 0.1) is 5.92 Å². The number of anilines is 1. The van der Waals surface area contributed by atoms with Gasteiger partial charge in [0.05, 0.1) is 6.04 Å². The molecule has 2 aliphatic rings. The molecule has 1 amide bonds. The quantitative estimate of drug-likeness (QED) is 0.672. The zero-order valence-corrected chi connectivity index (χ0v) is 20.0. The summed E-state index contributed by atoms with van der Waals surface area (Å²) in [4.78, 5) is 30.5. The van der Waals surface area contributed by atoms with Gasteiger partial charge in [0, 0.05) is 30.4 Å². The summed E-state index contributed by atoms with van der Waals surface area (Å²) in [6.45, 7) is 9.72. The number of hydrogen-bond donors (Lipinski definition) is 1. The third-order valence-corrected chi connectivity index (χ3v) is 6.96. The Labute approximate surface area is 196 Å². The first kappa shape index (κ1) is 23.1. The zero-order valence-electron chi connectivity index (χ0n) is 20.0. The monoisotopic (exact) mass is 450 g/mol. The average Bonchev–Trinajstić information content (AvgIpc) is 2.93. The molecule has 1 aliphatic carbocycles. The van der Waals surface area contributed by atoms with Gasteiger partial charge in [-0.1, -0.05) is 44.2 Å². The number of carboxylic acid groups (broad SMARTS) is 1. The number of fused-ring (bicyclic) bond motifs is 2. The average molecular weight is 451 g/mol. The third kappa shape index (κ3) is 4.19. The summed E-state index contributed by atoms with van der Waals surface area (Å²) in [7, 11) is 0. The Hall–Kier alpha value is -3.02. The molecule has 1 heterocycles. The topological polar surface area (TPSA) is 70.1 Å². The number of carbonyl (C=O) groups excluding carboxylic acids is 1. The molecule has 4 rings (SSSR count). The normalized spacial score (nSPS) is 22.3. The van der Waals surface area contributed by atoms with E-state index >= 15 is 0 Å². The van der Waals surface area contributed by atoms with Gasteiger partial charge >= 0.3 is 5.97 Å². The number of amides is 1. The third-order valence-electron chi connectivity index (χ3n) is 6.96. The van der Waals surface area contributed by atoms with Crippen molar-refractivity contribution < 1.29 is 19.4 Å². The maximum absolute atomic E-state index is 13.9. The lowest BCUT2D eigenvalue weighted by Gasteiger charge is -2.39. The highest BCUT2D eigenvalue weighted by atomic mass is 16.5. The predicted molar refractivity (Wildman–Crippen MR) is 129 cm³/mol. The van der Waals surface area contributed by atoms with Crippen LogP contribution in [-0.2, 0) is 16.0 Å². The second-order valence-corrected chi connectivity index (χ2v) is 9.27. The summed E-state index contributed by atoms with van der Waals surface area (Å²) >= 11 is 0. The summed E-state index contributed by atoms with van der Waals surface area (Å²) in [5.41, 5.74) is 3.75. The first-order valence-corrected chi connectivity index (χ1v) is 12.1. The molecule has 0 radical (unpaired) electrons. The van der Waals surface area contributed by atoms with E-state index < -0.39 is 18.1 Å². The SMILES string of the molecule is CCN(CC)c1ccc2c(c1)OC(C(C)C)C(=O)N(C1CCCc3ccccc31)C2C(=O)O. The Balaban J connectivity index is 1.89. The number of aliphatic carboxylic acids is 1. The molecule has 2 aromatic rings. The Morgan fingerprint density at radius 2 is 1.88 bits per heavy atom. The lowest BCUT2D eigenvalue weighted by atomic mass is 9.85. The molecule has 0 aromatic heterocycles. The van der Waals surface area contributed by atoms with E-state index in [0.717, 1.165) is 43.6 Å². The molecule has 0 saturated carbocycles. The van der Waals surface area contributed by atoms with Gasteiger partial charge in [-0.3, -0.25) is 4.79 Å². The van der Waals surface area contributed by atoms with Crippen LogP contribution in [0.3, 0.4) is 0 Å². The number of hydrogen-bond acceptors (Lipinski definition) is 4. The van der Waals surface area contributed by atoms with E-state index in [2.05, 4.69) is 24.8 Å². The van der Waals surface area contributed by atoms with Crippen LogP contribution >= 0.6 is 0 Å². The van der Waals surface area contributed by atoms with Crippen molar-refractivity contribution in [1.29, 1.82) is 0 Å². The van der Waals surface area contributed by atoms with Gasteiger partial charge in [-0.25, -0.2) is 4.79 Å². The lowest BCUT2D eigenvalue weighted by Crippen LogP contribution is -2.48. The molecule has 6 nitrogen and oxygen atoms in total. The number of benzene rings is 2. The van der Waals surface area contributed by atoms with Crippen molar-refractivity contribution >= 4 is 17.6 Å². The fraction of sp³-hybridized carbons (Fsp3) is 0.481. The largest absolute Gasteiger partial charge is 0.480 e. The van der Waals surface area contributed by atoms with Gasteiger partial charge in [-0.2, -0.15) is 0 Å². The van der Waals surface area contributed by atoms with Crippen molar-refractivity contribution in [1.82, 2.24) is 4.90 Å². The minimum Gasteiger partial charge on any atom is -0.480 e. The highest BCUT2D eigenvalue weighted by Crippen LogP contribution is 2.45. The number of ether oxygens (including phenoxy) is 1. The zero-order chi connectivity index (χ0) is 23.7. The number of carboxylic acids is 1. The van der Waals surface area contributed by atoms with Crippen LogP contribution in [-0.4, -0.2) is 41.1 Å². The summed E-state index contributed by atoms with van der Waals surface area (Å²) in [5, 5.41) is 10.4. The highest BCUT2D eigenvalue weighted by Gasteiger charge is 2.46. The summed E-state index contributed by atoms with van der Waals surface area (Å²) < 4.78 is 6.32. The predicted octanol–water partition coefficient (Wildman–Crippen LogP) is 4.98. The number of aryl methyl sites for hydroxylation is 1. The van der Waals surface area contributed by atoms with Crippen molar-refractivity contribution in [3.8, 4) is 5.75 Å². The van der Waals surface area contributed by atoms with Crippen molar-refractivity contribution in [3.63, 3.8) is 0 Å². The van der Waals surface area contributed by atoms with Gasteiger partial charge in [0.25, 0.3) is 5.91 Å². The molecule has 1 N–H and O–H groups in total.